The maximum atomic E-state index is 14.5. The van der Waals surface area contributed by atoms with Crippen LogP contribution in [0, 0.1) is 5.92 Å². The van der Waals surface area contributed by atoms with Gasteiger partial charge in [0.15, 0.2) is 6.04 Å². The van der Waals surface area contributed by atoms with Crippen molar-refractivity contribution in [1.29, 1.82) is 0 Å². The fourth-order valence-electron chi connectivity index (χ4n) is 9.91. The Hall–Kier alpha value is -8.29. The molecule has 1 heterocycles. The molecule has 100 heavy (non-hydrogen) atoms. The van der Waals surface area contributed by atoms with Crippen LogP contribution in [0.4, 0.5) is 0 Å². The summed E-state index contributed by atoms with van der Waals surface area (Å²) in [4.78, 5) is 219. The Balaban J connectivity index is 2.46. The van der Waals surface area contributed by atoms with Gasteiger partial charge in [0, 0.05) is 25.3 Å². The van der Waals surface area contributed by atoms with Crippen LogP contribution in [0.15, 0.2) is 30.3 Å². The van der Waals surface area contributed by atoms with Gasteiger partial charge in [-0.15, -0.1) is 0 Å². The number of rotatable bonds is 47. The molecule has 13 amide bonds. The van der Waals surface area contributed by atoms with E-state index in [0.717, 1.165) is 18.7 Å². The van der Waals surface area contributed by atoms with Crippen molar-refractivity contribution in [3.8, 4) is 0 Å². The summed E-state index contributed by atoms with van der Waals surface area (Å²) >= 11 is 0. The normalized spacial score (nSPS) is 17.2. The van der Waals surface area contributed by atoms with Crippen molar-refractivity contribution in [3.05, 3.63) is 35.9 Å². The number of carboxylic acids is 1. The Kier molecular flexibility index (Phi) is 38.7. The quantitative estimate of drug-likeness (QED) is 0.0164. The van der Waals surface area contributed by atoms with Gasteiger partial charge in [-0.3, -0.25) is 67.6 Å². The number of hydrogen-bond donors (Lipinski definition) is 25. The van der Waals surface area contributed by atoms with Crippen LogP contribution < -0.4 is 92.9 Å². The lowest BCUT2D eigenvalue weighted by atomic mass is 9.99. The van der Waals surface area contributed by atoms with Gasteiger partial charge in [0.05, 0.1) is 38.4 Å². The molecule has 1 aromatic rings. The number of aliphatic hydroxyl groups is 4. The number of carbonyl (C=O) groups is 14. The molecule has 564 valence electrons. The Morgan fingerprint density at radius 2 is 1.07 bits per heavy atom. The molecule has 1 fully saturated rings. The lowest BCUT2D eigenvalue weighted by Crippen LogP contribution is -2.71. The average molecular weight is 1450 g/mol. The van der Waals surface area contributed by atoms with E-state index in [2.05, 4.69) is 70.0 Å². The maximum Gasteiger partial charge on any atom is 0.567 e. The van der Waals surface area contributed by atoms with Crippen molar-refractivity contribution in [2.24, 2.45) is 28.9 Å². The van der Waals surface area contributed by atoms with Gasteiger partial charge >= 0.3 is 14.1 Å². The van der Waals surface area contributed by atoms with Gasteiger partial charge in [0.2, 0.25) is 70.9 Å². The van der Waals surface area contributed by atoms with Crippen LogP contribution in [0.2, 0.25) is 0 Å². The van der Waals surface area contributed by atoms with Crippen molar-refractivity contribution in [2.45, 2.75) is 196 Å². The summed E-state index contributed by atoms with van der Waals surface area (Å²) in [5, 5.41) is 77.6. The first-order valence-corrected chi connectivity index (χ1v) is 33.8. The van der Waals surface area contributed by atoms with E-state index < -0.39 is 221 Å². The number of benzene rings is 1. The van der Waals surface area contributed by atoms with Gasteiger partial charge in [0.25, 0.3) is 5.91 Å². The van der Waals surface area contributed by atoms with Crippen LogP contribution in [-0.4, -0.2) is 258 Å². The molecular weight excluding hydrogens is 1350 g/mol. The summed E-state index contributed by atoms with van der Waals surface area (Å²) in [6.45, 7) is 2.40. The van der Waals surface area contributed by atoms with Crippen molar-refractivity contribution >= 4 is 90.9 Å². The largest absolute Gasteiger partial charge is 0.567 e. The first-order valence-electron chi connectivity index (χ1n) is 32.2. The van der Waals surface area contributed by atoms with Crippen LogP contribution in [-0.2, 0) is 78.1 Å². The second-order valence-electron chi connectivity index (χ2n) is 24.0. The van der Waals surface area contributed by atoms with E-state index in [0.29, 0.717) is 24.9 Å². The van der Waals surface area contributed by atoms with Crippen LogP contribution in [0.3, 0.4) is 0 Å². The van der Waals surface area contributed by atoms with E-state index in [4.69, 9.17) is 27.5 Å². The molecule has 1 saturated heterocycles. The van der Waals surface area contributed by atoms with Crippen LogP contribution >= 0.6 is 8.17 Å². The molecular formula is C58H102N18O23P+3. The van der Waals surface area contributed by atoms with Crippen molar-refractivity contribution < 1.29 is 123 Å². The number of aliphatic carboxylic acids is 1. The molecule has 1 aromatic carbocycles. The number of nitrogens with two attached hydrogens (primary N) is 4. The van der Waals surface area contributed by atoms with E-state index in [9.17, 15) is 107 Å². The molecule has 1 aliphatic rings. The highest BCUT2D eigenvalue weighted by Gasteiger charge is 2.45. The second kappa shape index (κ2) is 44.1. The monoisotopic (exact) mass is 1450 g/mol. The molecule has 41 nitrogen and oxygen atoms in total. The van der Waals surface area contributed by atoms with Crippen LogP contribution in [0.25, 0.3) is 0 Å². The van der Waals surface area contributed by atoms with Gasteiger partial charge in [-0.25, -0.2) is 4.79 Å². The highest BCUT2D eigenvalue weighted by atomic mass is 31.2. The number of quaternary nitrogens is 2. The average Bonchev–Trinajstić information content (AvgIpc) is 1.57. The number of primary amides is 2. The number of likely N-dealkylation sites (tertiary alicyclic amines) is 1. The van der Waals surface area contributed by atoms with Gasteiger partial charge in [-0.2, -0.15) is 19.2 Å². The van der Waals surface area contributed by atoms with Gasteiger partial charge in [-0.05, 0) is 83.7 Å². The summed E-state index contributed by atoms with van der Waals surface area (Å²) in [5.41, 5.74) is 29.7. The fraction of sp³-hybridized carbons (Fsp3) is 0.655. The van der Waals surface area contributed by atoms with Crippen molar-refractivity contribution in [1.82, 2.24) is 63.4 Å². The van der Waals surface area contributed by atoms with E-state index >= 15 is 0 Å². The van der Waals surface area contributed by atoms with Crippen molar-refractivity contribution in [2.75, 3.05) is 39.5 Å². The smallest absolute Gasteiger partial charge is 0.480 e. The summed E-state index contributed by atoms with van der Waals surface area (Å²) in [6.07, 6.45) is -5.89. The highest BCUT2D eigenvalue weighted by molar-refractivity contribution is 7.53. The number of nitrogens with zero attached hydrogens (tertiary/aromatic N) is 1. The highest BCUT2D eigenvalue weighted by Crippen LogP contribution is 2.45. The molecule has 15 atom stereocenters. The Bertz CT molecular complexity index is 2920. The number of unbranched alkanes of at least 4 members (excludes halogenated alkanes) is 1. The summed E-state index contributed by atoms with van der Waals surface area (Å²) in [6, 6.07) is -12.6. The molecule has 1 aliphatic heterocycles. The third kappa shape index (κ3) is 31.1. The molecule has 0 bridgehead atoms. The molecule has 0 spiro atoms. The number of nitrogens with one attached hydrogen (secondary N) is 11. The first-order chi connectivity index (χ1) is 46.9. The molecule has 33 N–H and O–H groups in total. The molecule has 0 saturated carbocycles. The van der Waals surface area contributed by atoms with E-state index in [-0.39, 0.29) is 64.0 Å². The predicted octanol–water partition coefficient (Wildman–Crippen LogP) is -12.6. The first kappa shape index (κ1) is 87.8. The standard InChI is InChI=1S/C58H99N18O23P/c1-5-28(2)43(62)53(90)72-37(25-77)50(87)67-33(16-11-21-65-58(63)64)47(84)71-38(26-78)51(88)74-44(29(3)79)55(92)73-39(27-99-100(96,97)98)56(93)76-22-12-17-40(76)52(89)75-45(30(4)80)54(91)70-35(23-31-13-7-6-8-14-31)48(85)69-36(24-42(61)82)49(86)66-32(15-9-10-20-59)46(83)68-34(57(94)95)18-19-41(60)81/h6-8,13-14,28-30,32-40,43-45,58,65,77-80,96-98H,5,9-12,15-27,59,62-64H2,1-4H3,(H14-,60,61,66,67,68,69,70,71,72,73,74,75,81,82,83,84,85,86,87,88,89,90,91,92,94,95)/p+3/t28-,29+,30+,32-,33-,34-,35-,36-,37-,38-,39-,40-,43-,44-,45-/m0/s1. The van der Waals surface area contributed by atoms with E-state index in [1.165, 1.54) is 0 Å². The lowest BCUT2D eigenvalue weighted by Gasteiger charge is -2.31. The minimum Gasteiger partial charge on any atom is -0.480 e. The van der Waals surface area contributed by atoms with E-state index in [1.54, 1.807) is 37.3 Å². The second-order valence-corrected chi connectivity index (χ2v) is 25.3. The summed E-state index contributed by atoms with van der Waals surface area (Å²) < 4.78 is 4.70. The molecule has 42 heteroatoms. The summed E-state index contributed by atoms with van der Waals surface area (Å²) in [7, 11) is -5.24. The lowest BCUT2D eigenvalue weighted by molar-refractivity contribution is -0.415. The molecule has 2 rings (SSSR count). The molecule has 0 unspecified atom stereocenters. The molecule has 0 aliphatic carbocycles. The summed E-state index contributed by atoms with van der Waals surface area (Å²) in [5.74, 6) is -16.4. The number of carboxylic acid groups (broad SMARTS) is 1. The third-order valence-corrected chi connectivity index (χ3v) is 16.3. The minimum absolute atomic E-state index is 0.0342. The Morgan fingerprint density at radius 3 is 1.57 bits per heavy atom. The zero-order valence-corrected chi connectivity index (χ0v) is 57.1. The SMILES string of the molecule is CC[C@H](C)[C@H]([NH3+])C(=O)N[C@@H](CO)C(=O)N[C@@H](CCCNC(N)N)C(=O)N[C@@H](CO)C(=O)N[C@H](C(=O)N[C@@H](CO[P+](O)(O)O)C(=O)N1CCC[C@H]1C(=O)N[C@H](C(=O)N[C@@H](Cc1ccccc1)C(=O)N[C@@H](CC(N)=O)C(=O)N[C@@H](CCCC[NH3+])C(=O)N[C@@H](CCC(N)=O)C(=O)O)[C@@H](C)O)[C@@H](C)O. The Labute approximate surface area is 575 Å². The van der Waals surface area contributed by atoms with Gasteiger partial charge in [-0.1, -0.05) is 44.2 Å². The topological polar surface area (TPSA) is 705 Å². The number of carbonyl (C=O) groups excluding carboxylic acids is 13. The number of hydrogen-bond acceptors (Lipinski definition) is 25. The maximum absolute atomic E-state index is 14.5. The van der Waals surface area contributed by atoms with Crippen LogP contribution in [0.5, 0.6) is 0 Å². The predicted molar refractivity (Wildman–Crippen MR) is 348 cm³/mol. The minimum atomic E-state index is -5.24. The molecule has 0 radical (unpaired) electrons. The van der Waals surface area contributed by atoms with E-state index in [1.807, 2.05) is 6.92 Å². The number of aliphatic hydroxyl groups excluding tert-OH is 4. The van der Waals surface area contributed by atoms with Crippen LogP contribution in [0.1, 0.15) is 104 Å². The zero-order valence-electron chi connectivity index (χ0n) is 56.2. The van der Waals surface area contributed by atoms with Gasteiger partial charge in [0.1, 0.15) is 79.4 Å². The molecule has 0 aromatic heterocycles. The van der Waals surface area contributed by atoms with Gasteiger partial charge < -0.3 is 118 Å². The van der Waals surface area contributed by atoms with Crippen molar-refractivity contribution in [3.63, 3.8) is 0 Å². The zero-order chi connectivity index (χ0) is 75.7. The Morgan fingerprint density at radius 1 is 0.600 bits per heavy atom. The number of amides is 13. The third-order valence-electron chi connectivity index (χ3n) is 15.8. The fourth-order valence-corrected chi connectivity index (χ4v) is 10.3.